The summed E-state index contributed by atoms with van der Waals surface area (Å²) in [5.41, 5.74) is 8.05. The summed E-state index contributed by atoms with van der Waals surface area (Å²) in [7, 11) is 0. The molecule has 0 unspecified atom stereocenters. The van der Waals surface area contributed by atoms with Crippen molar-refractivity contribution in [2.24, 2.45) is 0 Å². The number of amides is 1. The van der Waals surface area contributed by atoms with E-state index >= 15 is 0 Å². The Morgan fingerprint density at radius 2 is 1.96 bits per heavy atom. The Kier molecular flexibility index (Phi) is 6.97. The first kappa shape index (κ1) is 18.2. The summed E-state index contributed by atoms with van der Waals surface area (Å²) in [6, 6.07) is 12.8. The van der Waals surface area contributed by atoms with Crippen LogP contribution < -0.4 is 11.1 Å². The van der Waals surface area contributed by atoms with E-state index in [0.717, 1.165) is 11.1 Å². The van der Waals surface area contributed by atoms with Crippen molar-refractivity contribution in [3.05, 3.63) is 69.7 Å². The van der Waals surface area contributed by atoms with Crippen LogP contribution in [0.3, 0.4) is 0 Å². The number of nitrogens with one attached hydrogen (secondary N) is 1. The van der Waals surface area contributed by atoms with Crippen LogP contribution in [0.1, 0.15) is 17.5 Å². The fourth-order valence-electron chi connectivity index (χ4n) is 1.98. The van der Waals surface area contributed by atoms with E-state index in [-0.39, 0.29) is 6.61 Å². The predicted octanol–water partition coefficient (Wildman–Crippen LogP) is 4.91. The summed E-state index contributed by atoms with van der Waals surface area (Å²) in [5, 5.41) is 3.63. The van der Waals surface area contributed by atoms with E-state index in [1.807, 2.05) is 42.5 Å². The molecule has 2 aromatic carbocycles. The molecule has 0 spiro atoms. The number of rotatable bonds is 6. The van der Waals surface area contributed by atoms with E-state index in [4.69, 9.17) is 33.7 Å². The van der Waals surface area contributed by atoms with Crippen LogP contribution in [-0.4, -0.2) is 12.6 Å². The smallest absolute Gasteiger partial charge is 0.407 e. The van der Waals surface area contributed by atoms with Gasteiger partial charge in [-0.3, -0.25) is 0 Å². The number of carbonyl (C=O) groups excluding carboxylic acids is 1. The molecule has 0 bridgehead atoms. The molecule has 0 radical (unpaired) electrons. The van der Waals surface area contributed by atoms with Crippen LogP contribution >= 0.6 is 23.2 Å². The van der Waals surface area contributed by atoms with Gasteiger partial charge in [0.05, 0.1) is 10.7 Å². The molecule has 24 heavy (non-hydrogen) atoms. The van der Waals surface area contributed by atoms with Crippen molar-refractivity contribution in [1.29, 1.82) is 0 Å². The molecule has 6 heteroatoms. The third kappa shape index (κ3) is 5.80. The lowest BCUT2D eigenvalue weighted by Crippen LogP contribution is -2.24. The topological polar surface area (TPSA) is 64.3 Å². The maximum Gasteiger partial charge on any atom is 0.407 e. The van der Waals surface area contributed by atoms with Crippen LogP contribution in [0, 0.1) is 0 Å². The minimum atomic E-state index is -0.447. The zero-order valence-corrected chi connectivity index (χ0v) is 14.5. The number of carbonyl (C=O) groups is 1. The number of alkyl carbamates (subject to hydrolysis) is 1. The second-order valence-electron chi connectivity index (χ2n) is 5.07. The zero-order valence-electron chi connectivity index (χ0n) is 13.0. The van der Waals surface area contributed by atoms with E-state index < -0.39 is 6.09 Å². The fourth-order valence-corrected chi connectivity index (χ4v) is 2.49. The Balaban J connectivity index is 1.72. The van der Waals surface area contributed by atoms with Gasteiger partial charge < -0.3 is 15.8 Å². The summed E-state index contributed by atoms with van der Waals surface area (Å²) in [5.74, 6) is 0. The maximum atomic E-state index is 11.6. The van der Waals surface area contributed by atoms with Crippen molar-refractivity contribution in [2.75, 3.05) is 12.3 Å². The van der Waals surface area contributed by atoms with E-state index in [9.17, 15) is 4.79 Å². The number of anilines is 1. The van der Waals surface area contributed by atoms with Gasteiger partial charge in [-0.05, 0) is 24.1 Å². The molecule has 0 aliphatic rings. The average molecular weight is 365 g/mol. The first-order chi connectivity index (χ1) is 11.6. The van der Waals surface area contributed by atoms with Crippen LogP contribution in [-0.2, 0) is 11.3 Å². The van der Waals surface area contributed by atoms with Gasteiger partial charge in [0.25, 0.3) is 0 Å². The third-order valence-electron chi connectivity index (χ3n) is 3.22. The summed E-state index contributed by atoms with van der Waals surface area (Å²) in [6.45, 7) is 0.707. The Morgan fingerprint density at radius 1 is 1.21 bits per heavy atom. The first-order valence-corrected chi connectivity index (χ1v) is 8.17. The Bertz CT molecular complexity index is 718. The first-order valence-electron chi connectivity index (χ1n) is 7.42. The van der Waals surface area contributed by atoms with Gasteiger partial charge in [0.1, 0.15) is 6.61 Å². The summed E-state index contributed by atoms with van der Waals surface area (Å²) < 4.78 is 5.11. The van der Waals surface area contributed by atoms with Crippen LogP contribution in [0.2, 0.25) is 10.0 Å². The molecule has 0 heterocycles. The second kappa shape index (κ2) is 9.21. The lowest BCUT2D eigenvalue weighted by atomic mass is 10.1. The van der Waals surface area contributed by atoms with Gasteiger partial charge in [-0.25, -0.2) is 4.79 Å². The molecule has 1 amide bonds. The van der Waals surface area contributed by atoms with Crippen molar-refractivity contribution in [2.45, 2.75) is 13.0 Å². The highest BCUT2D eigenvalue weighted by molar-refractivity contribution is 6.36. The van der Waals surface area contributed by atoms with Crippen molar-refractivity contribution < 1.29 is 9.53 Å². The molecule has 0 aliphatic heterocycles. The molecule has 0 saturated carbocycles. The van der Waals surface area contributed by atoms with Gasteiger partial charge in [0.2, 0.25) is 0 Å². The molecule has 2 rings (SSSR count). The highest BCUT2D eigenvalue weighted by atomic mass is 35.5. The molecule has 0 atom stereocenters. The van der Waals surface area contributed by atoms with Gasteiger partial charge in [0.15, 0.2) is 0 Å². The number of hydrogen-bond acceptors (Lipinski definition) is 3. The maximum absolute atomic E-state index is 11.6. The number of halogens is 2. The number of nitrogens with two attached hydrogens (primary N) is 1. The zero-order chi connectivity index (χ0) is 17.4. The van der Waals surface area contributed by atoms with Gasteiger partial charge >= 0.3 is 6.09 Å². The lowest BCUT2D eigenvalue weighted by Gasteiger charge is -2.06. The quantitative estimate of drug-likeness (QED) is 0.565. The number of nitrogen functional groups attached to an aromatic ring is 1. The highest BCUT2D eigenvalue weighted by Crippen LogP contribution is 2.28. The van der Waals surface area contributed by atoms with Crippen LogP contribution in [0.25, 0.3) is 6.08 Å². The number of benzene rings is 2. The summed E-state index contributed by atoms with van der Waals surface area (Å²) in [6.07, 6.45) is 3.89. The van der Waals surface area contributed by atoms with E-state index in [2.05, 4.69) is 5.32 Å². The minimum Gasteiger partial charge on any atom is -0.445 e. The van der Waals surface area contributed by atoms with E-state index in [0.29, 0.717) is 28.7 Å². The summed E-state index contributed by atoms with van der Waals surface area (Å²) in [4.78, 5) is 11.6. The molecule has 3 N–H and O–H groups in total. The van der Waals surface area contributed by atoms with E-state index in [1.165, 1.54) is 0 Å². The van der Waals surface area contributed by atoms with Crippen molar-refractivity contribution in [3.63, 3.8) is 0 Å². The Labute approximate surface area is 151 Å². The van der Waals surface area contributed by atoms with Crippen LogP contribution in [0.5, 0.6) is 0 Å². The molecule has 126 valence electrons. The third-order valence-corrected chi connectivity index (χ3v) is 3.75. The predicted molar refractivity (Wildman–Crippen MR) is 99.2 cm³/mol. The monoisotopic (exact) mass is 364 g/mol. The molecule has 0 aromatic heterocycles. The second-order valence-corrected chi connectivity index (χ2v) is 5.91. The van der Waals surface area contributed by atoms with Crippen LogP contribution in [0.15, 0.2) is 48.5 Å². The van der Waals surface area contributed by atoms with Crippen molar-refractivity contribution in [1.82, 2.24) is 5.32 Å². The highest BCUT2D eigenvalue weighted by Gasteiger charge is 2.03. The molecule has 2 aromatic rings. The van der Waals surface area contributed by atoms with Gasteiger partial charge in [0, 0.05) is 17.1 Å². The SMILES string of the molecule is Nc1c(Cl)cc(Cl)cc1C=CCCNC(=O)OCc1ccccc1. The number of ether oxygens (including phenoxy) is 1. The average Bonchev–Trinajstić information content (AvgIpc) is 2.57. The molecule has 0 fully saturated rings. The molecular formula is C18H18Cl2N2O2. The largest absolute Gasteiger partial charge is 0.445 e. The molecule has 0 aliphatic carbocycles. The van der Waals surface area contributed by atoms with E-state index in [1.54, 1.807) is 12.1 Å². The number of hydrogen-bond donors (Lipinski definition) is 2. The Morgan fingerprint density at radius 3 is 2.71 bits per heavy atom. The molecule has 4 nitrogen and oxygen atoms in total. The lowest BCUT2D eigenvalue weighted by molar-refractivity contribution is 0.140. The minimum absolute atomic E-state index is 0.250. The summed E-state index contributed by atoms with van der Waals surface area (Å²) >= 11 is 11.9. The fraction of sp³-hybridized carbons (Fsp3) is 0.167. The van der Waals surface area contributed by atoms with Gasteiger partial charge in [-0.15, -0.1) is 0 Å². The standard InChI is InChI=1S/C18H18Cl2N2O2/c19-15-10-14(17(21)16(20)11-15)8-4-5-9-22-18(23)24-12-13-6-2-1-3-7-13/h1-4,6-8,10-11H,5,9,12,21H2,(H,22,23). The van der Waals surface area contributed by atoms with Crippen molar-refractivity contribution >= 4 is 41.1 Å². The van der Waals surface area contributed by atoms with Crippen molar-refractivity contribution in [3.8, 4) is 0 Å². The molecular weight excluding hydrogens is 347 g/mol. The molecule has 0 saturated heterocycles. The Hall–Kier alpha value is -2.17. The van der Waals surface area contributed by atoms with Gasteiger partial charge in [-0.2, -0.15) is 0 Å². The normalized spacial score (nSPS) is 10.8. The van der Waals surface area contributed by atoms with Crippen LogP contribution in [0.4, 0.5) is 10.5 Å². The van der Waals surface area contributed by atoms with Gasteiger partial charge in [-0.1, -0.05) is 65.7 Å².